The number of halogens is 1. The fraction of sp³-hybridized carbons (Fsp3) is 0.111. The number of rotatable bonds is 5. The largest absolute Gasteiger partial charge is 0.462 e. The van der Waals surface area contributed by atoms with E-state index in [1.54, 1.807) is 55.5 Å². The summed E-state index contributed by atoms with van der Waals surface area (Å²) in [5.74, 6) is -1.02. The zero-order chi connectivity index (χ0) is 15.9. The monoisotopic (exact) mass is 314 g/mol. The number of esters is 1. The molecule has 22 heavy (non-hydrogen) atoms. The van der Waals surface area contributed by atoms with Gasteiger partial charge in [-0.05, 0) is 30.7 Å². The highest BCUT2D eigenvalue weighted by molar-refractivity contribution is 6.31. The van der Waals surface area contributed by atoms with Crippen LogP contribution < -0.4 is 0 Å². The van der Waals surface area contributed by atoms with Crippen LogP contribution in [0.15, 0.2) is 60.2 Å². The quantitative estimate of drug-likeness (QED) is 0.273. The van der Waals surface area contributed by atoms with Crippen molar-refractivity contribution in [3.05, 3.63) is 76.3 Å². The lowest BCUT2D eigenvalue weighted by Gasteiger charge is -2.07. The fourth-order valence-corrected chi connectivity index (χ4v) is 2.13. The predicted molar refractivity (Wildman–Crippen MR) is 86.8 cm³/mol. The number of ketones is 1. The van der Waals surface area contributed by atoms with Gasteiger partial charge in [-0.3, -0.25) is 4.79 Å². The Morgan fingerprint density at radius 3 is 2.45 bits per heavy atom. The molecule has 0 aliphatic carbocycles. The van der Waals surface area contributed by atoms with Gasteiger partial charge in [0.2, 0.25) is 0 Å². The molecule has 0 aliphatic rings. The van der Waals surface area contributed by atoms with Crippen LogP contribution in [0.2, 0.25) is 5.02 Å². The summed E-state index contributed by atoms with van der Waals surface area (Å²) in [4.78, 5) is 24.7. The molecule has 0 fully saturated rings. The molecule has 0 N–H and O–H groups in total. The van der Waals surface area contributed by atoms with Crippen LogP contribution >= 0.6 is 11.6 Å². The summed E-state index contributed by atoms with van der Waals surface area (Å²) >= 11 is 5.94. The molecule has 2 aromatic rings. The summed E-state index contributed by atoms with van der Waals surface area (Å²) < 4.78 is 4.99. The van der Waals surface area contributed by atoms with Crippen molar-refractivity contribution < 1.29 is 14.3 Å². The SMILES string of the molecule is CCOC(=O)/C(=C/c1cccc(Cl)c1)C(=O)c1ccccc1. The Labute approximate surface area is 134 Å². The molecule has 0 bridgehead atoms. The summed E-state index contributed by atoms with van der Waals surface area (Å²) in [6.07, 6.45) is 1.50. The Morgan fingerprint density at radius 1 is 1.09 bits per heavy atom. The van der Waals surface area contributed by atoms with E-state index in [0.29, 0.717) is 16.1 Å². The Kier molecular flexibility index (Phi) is 5.50. The summed E-state index contributed by atoms with van der Waals surface area (Å²) in [6.45, 7) is 1.90. The second-order valence-corrected chi connectivity index (χ2v) is 4.97. The van der Waals surface area contributed by atoms with Crippen LogP contribution in [-0.2, 0) is 9.53 Å². The summed E-state index contributed by atoms with van der Waals surface area (Å²) in [5.41, 5.74) is 1.08. The molecule has 0 radical (unpaired) electrons. The van der Waals surface area contributed by atoms with Gasteiger partial charge in [-0.25, -0.2) is 4.79 Å². The van der Waals surface area contributed by atoms with Gasteiger partial charge in [0.25, 0.3) is 0 Å². The van der Waals surface area contributed by atoms with Crippen LogP contribution in [0.5, 0.6) is 0 Å². The number of hydrogen-bond acceptors (Lipinski definition) is 3. The smallest absolute Gasteiger partial charge is 0.342 e. The summed E-state index contributed by atoms with van der Waals surface area (Å²) in [6, 6.07) is 15.5. The number of carbonyl (C=O) groups is 2. The third-order valence-electron chi connectivity index (χ3n) is 2.94. The number of benzene rings is 2. The van der Waals surface area contributed by atoms with E-state index in [1.807, 2.05) is 6.07 Å². The molecule has 0 spiro atoms. The minimum atomic E-state index is -0.642. The minimum absolute atomic E-state index is 0.0182. The van der Waals surface area contributed by atoms with E-state index < -0.39 is 5.97 Å². The molecule has 4 heteroatoms. The number of Topliss-reactive ketones (excluding diaryl/α,β-unsaturated/α-hetero) is 1. The van der Waals surface area contributed by atoms with Crippen LogP contribution in [0.3, 0.4) is 0 Å². The third-order valence-corrected chi connectivity index (χ3v) is 3.17. The van der Waals surface area contributed by atoms with E-state index in [9.17, 15) is 9.59 Å². The van der Waals surface area contributed by atoms with Crippen molar-refractivity contribution in [1.29, 1.82) is 0 Å². The second-order valence-electron chi connectivity index (χ2n) is 4.53. The van der Waals surface area contributed by atoms with Gasteiger partial charge in [0.1, 0.15) is 5.57 Å². The molecule has 0 heterocycles. The van der Waals surface area contributed by atoms with Crippen LogP contribution in [-0.4, -0.2) is 18.4 Å². The van der Waals surface area contributed by atoms with Crippen LogP contribution in [0.25, 0.3) is 6.08 Å². The molecule has 0 unspecified atom stereocenters. The maximum Gasteiger partial charge on any atom is 0.342 e. The molecule has 0 aliphatic heterocycles. The fourth-order valence-electron chi connectivity index (χ4n) is 1.93. The van der Waals surface area contributed by atoms with E-state index >= 15 is 0 Å². The number of ether oxygens (including phenoxy) is 1. The number of carbonyl (C=O) groups excluding carboxylic acids is 2. The first kappa shape index (κ1) is 16.0. The molecular formula is C18H15ClO3. The Balaban J connectivity index is 2.43. The van der Waals surface area contributed by atoms with Crippen LogP contribution in [0.4, 0.5) is 0 Å². The number of hydrogen-bond donors (Lipinski definition) is 0. The average molecular weight is 315 g/mol. The van der Waals surface area contributed by atoms with Crippen LogP contribution in [0, 0.1) is 0 Å². The van der Waals surface area contributed by atoms with E-state index in [2.05, 4.69) is 0 Å². The minimum Gasteiger partial charge on any atom is -0.462 e. The third kappa shape index (κ3) is 4.06. The van der Waals surface area contributed by atoms with Gasteiger partial charge < -0.3 is 4.74 Å². The highest BCUT2D eigenvalue weighted by Crippen LogP contribution is 2.17. The zero-order valence-corrected chi connectivity index (χ0v) is 12.8. The first-order valence-electron chi connectivity index (χ1n) is 6.86. The van der Waals surface area contributed by atoms with Crippen molar-refractivity contribution in [2.24, 2.45) is 0 Å². The standard InChI is InChI=1S/C18H15ClO3/c1-2-22-18(21)16(12-13-7-6-10-15(19)11-13)17(20)14-8-4-3-5-9-14/h3-12H,2H2,1H3/b16-12+. The Hall–Kier alpha value is -2.39. The molecule has 0 atom stereocenters. The molecule has 0 aromatic heterocycles. The first-order valence-corrected chi connectivity index (χ1v) is 7.23. The van der Waals surface area contributed by atoms with Gasteiger partial charge in [-0.2, -0.15) is 0 Å². The van der Waals surface area contributed by atoms with Gasteiger partial charge in [-0.15, -0.1) is 0 Å². The van der Waals surface area contributed by atoms with E-state index in [0.717, 1.165) is 0 Å². The highest BCUT2D eigenvalue weighted by Gasteiger charge is 2.21. The van der Waals surface area contributed by atoms with Gasteiger partial charge in [0, 0.05) is 10.6 Å². The maximum absolute atomic E-state index is 12.5. The van der Waals surface area contributed by atoms with Gasteiger partial charge in [0.15, 0.2) is 5.78 Å². The first-order chi connectivity index (χ1) is 10.6. The maximum atomic E-state index is 12.5. The molecule has 112 valence electrons. The molecule has 2 rings (SSSR count). The molecule has 0 amide bonds. The topological polar surface area (TPSA) is 43.4 Å². The lowest BCUT2D eigenvalue weighted by Crippen LogP contribution is -2.16. The van der Waals surface area contributed by atoms with Crippen molar-refractivity contribution in [3.63, 3.8) is 0 Å². The lowest BCUT2D eigenvalue weighted by molar-refractivity contribution is -0.137. The second kappa shape index (κ2) is 7.57. The normalized spacial score (nSPS) is 11.1. The Morgan fingerprint density at radius 2 is 1.82 bits per heavy atom. The van der Waals surface area contributed by atoms with E-state index in [4.69, 9.17) is 16.3 Å². The van der Waals surface area contributed by atoms with E-state index in [-0.39, 0.29) is 18.0 Å². The molecule has 2 aromatic carbocycles. The summed E-state index contributed by atoms with van der Waals surface area (Å²) in [7, 11) is 0. The van der Waals surface area contributed by atoms with E-state index in [1.165, 1.54) is 6.08 Å². The van der Waals surface area contributed by atoms with Crippen molar-refractivity contribution in [2.45, 2.75) is 6.92 Å². The van der Waals surface area contributed by atoms with Gasteiger partial charge in [0.05, 0.1) is 6.61 Å². The van der Waals surface area contributed by atoms with Gasteiger partial charge >= 0.3 is 5.97 Å². The van der Waals surface area contributed by atoms with Crippen molar-refractivity contribution >= 4 is 29.4 Å². The lowest BCUT2D eigenvalue weighted by atomic mass is 10.0. The highest BCUT2D eigenvalue weighted by atomic mass is 35.5. The zero-order valence-electron chi connectivity index (χ0n) is 12.1. The predicted octanol–water partition coefficient (Wildman–Crippen LogP) is 4.17. The van der Waals surface area contributed by atoms with Crippen molar-refractivity contribution in [1.82, 2.24) is 0 Å². The average Bonchev–Trinajstić information content (AvgIpc) is 2.53. The van der Waals surface area contributed by atoms with Gasteiger partial charge in [-0.1, -0.05) is 54.1 Å². The molecule has 0 saturated heterocycles. The van der Waals surface area contributed by atoms with Crippen molar-refractivity contribution in [2.75, 3.05) is 6.61 Å². The Bertz CT molecular complexity index is 705. The summed E-state index contributed by atoms with van der Waals surface area (Å²) in [5, 5.41) is 0.532. The molecule has 3 nitrogen and oxygen atoms in total. The molecule has 0 saturated carbocycles. The van der Waals surface area contributed by atoms with Crippen LogP contribution in [0.1, 0.15) is 22.8 Å². The molecular weight excluding hydrogens is 300 g/mol. The van der Waals surface area contributed by atoms with Crippen molar-refractivity contribution in [3.8, 4) is 0 Å².